The van der Waals surface area contributed by atoms with E-state index in [1.807, 2.05) is 14.0 Å². The van der Waals surface area contributed by atoms with Crippen LogP contribution < -0.4 is 11.1 Å². The number of nitrogens with two attached hydrogens (primary N) is 1. The molecule has 1 aromatic carbocycles. The van der Waals surface area contributed by atoms with Gasteiger partial charge in [-0.1, -0.05) is 12.1 Å². The van der Waals surface area contributed by atoms with Gasteiger partial charge in [-0.25, -0.2) is 0 Å². The molecule has 2 nitrogen and oxygen atoms in total. The van der Waals surface area contributed by atoms with Crippen LogP contribution in [0.15, 0.2) is 18.2 Å². The van der Waals surface area contributed by atoms with Crippen molar-refractivity contribution in [2.75, 3.05) is 12.8 Å². The zero-order chi connectivity index (χ0) is 13.1. The summed E-state index contributed by atoms with van der Waals surface area (Å²) < 4.78 is 37.8. The quantitative estimate of drug-likeness (QED) is 0.802. The van der Waals surface area contributed by atoms with Crippen LogP contribution in [0.5, 0.6) is 0 Å². The molecule has 1 atom stereocenters. The van der Waals surface area contributed by atoms with Gasteiger partial charge < -0.3 is 11.1 Å². The normalized spacial score (nSPS) is 13.7. The van der Waals surface area contributed by atoms with Gasteiger partial charge in [0, 0.05) is 11.7 Å². The topological polar surface area (TPSA) is 38.0 Å². The van der Waals surface area contributed by atoms with E-state index >= 15 is 0 Å². The number of para-hydroxylation sites is 1. The van der Waals surface area contributed by atoms with Gasteiger partial charge in [-0.15, -0.1) is 0 Å². The lowest BCUT2D eigenvalue weighted by atomic mass is 10.0. The van der Waals surface area contributed by atoms with Gasteiger partial charge in [0.1, 0.15) is 0 Å². The maximum atomic E-state index is 12.6. The van der Waals surface area contributed by atoms with Crippen molar-refractivity contribution in [3.05, 3.63) is 29.3 Å². The van der Waals surface area contributed by atoms with E-state index in [0.717, 1.165) is 12.5 Å². The molecule has 1 unspecified atom stereocenters. The average molecular weight is 246 g/mol. The second-order valence-electron chi connectivity index (χ2n) is 4.10. The Bertz CT molecular complexity index is 375. The fraction of sp³-hybridized carbons (Fsp3) is 0.500. The van der Waals surface area contributed by atoms with Crippen LogP contribution in [-0.2, 0) is 12.6 Å². The van der Waals surface area contributed by atoms with Crippen LogP contribution in [0.3, 0.4) is 0 Å². The molecule has 0 bridgehead atoms. The molecule has 3 N–H and O–H groups in total. The number of hydrogen-bond acceptors (Lipinski definition) is 2. The van der Waals surface area contributed by atoms with Crippen molar-refractivity contribution in [1.82, 2.24) is 5.32 Å². The van der Waals surface area contributed by atoms with Gasteiger partial charge in [0.2, 0.25) is 0 Å². The van der Waals surface area contributed by atoms with Crippen LogP contribution in [-0.4, -0.2) is 13.1 Å². The number of anilines is 1. The molecule has 0 aliphatic rings. The van der Waals surface area contributed by atoms with E-state index in [4.69, 9.17) is 5.73 Å². The van der Waals surface area contributed by atoms with Gasteiger partial charge in [0.25, 0.3) is 0 Å². The summed E-state index contributed by atoms with van der Waals surface area (Å²) in [6.45, 7) is 1.98. The predicted molar refractivity (Wildman–Crippen MR) is 62.7 cm³/mol. The molecule has 0 spiro atoms. The lowest BCUT2D eigenvalue weighted by molar-refractivity contribution is -0.136. The summed E-state index contributed by atoms with van der Waals surface area (Å²) in [6, 6.07) is 4.32. The van der Waals surface area contributed by atoms with Crippen molar-refractivity contribution in [2.24, 2.45) is 0 Å². The highest BCUT2D eigenvalue weighted by atomic mass is 19.4. The van der Waals surface area contributed by atoms with Crippen molar-refractivity contribution >= 4 is 5.69 Å². The van der Waals surface area contributed by atoms with Gasteiger partial charge in [0.05, 0.1) is 5.56 Å². The third kappa shape index (κ3) is 3.63. The molecule has 0 aliphatic heterocycles. The molecule has 1 aromatic rings. The lowest BCUT2D eigenvalue weighted by Crippen LogP contribution is -2.22. The highest BCUT2D eigenvalue weighted by Crippen LogP contribution is 2.35. The maximum absolute atomic E-state index is 12.6. The van der Waals surface area contributed by atoms with Crippen molar-refractivity contribution < 1.29 is 13.2 Å². The van der Waals surface area contributed by atoms with Gasteiger partial charge in [-0.2, -0.15) is 13.2 Å². The van der Waals surface area contributed by atoms with Crippen molar-refractivity contribution in [2.45, 2.75) is 32.0 Å². The number of benzene rings is 1. The first-order chi connectivity index (χ1) is 7.86. The molecule has 96 valence electrons. The molecule has 0 amide bonds. The van der Waals surface area contributed by atoms with Crippen LogP contribution in [0, 0.1) is 0 Å². The molecule has 0 radical (unpaired) electrons. The van der Waals surface area contributed by atoms with Crippen LogP contribution >= 0.6 is 0 Å². The molecule has 0 heterocycles. The molecule has 0 aromatic heterocycles. The van der Waals surface area contributed by atoms with Gasteiger partial charge in [-0.3, -0.25) is 0 Å². The van der Waals surface area contributed by atoms with Gasteiger partial charge in [-0.05, 0) is 38.4 Å². The van der Waals surface area contributed by atoms with Crippen molar-refractivity contribution in [1.29, 1.82) is 0 Å². The number of aryl methyl sites for hydroxylation is 1. The Kier molecular flexibility index (Phi) is 4.40. The zero-order valence-corrected chi connectivity index (χ0v) is 9.93. The van der Waals surface area contributed by atoms with Crippen LogP contribution in [0.2, 0.25) is 0 Å². The van der Waals surface area contributed by atoms with Crippen molar-refractivity contribution in [3.63, 3.8) is 0 Å². The van der Waals surface area contributed by atoms with Gasteiger partial charge >= 0.3 is 6.18 Å². The summed E-state index contributed by atoms with van der Waals surface area (Å²) >= 11 is 0. The first kappa shape index (κ1) is 13.8. The Labute approximate surface area is 99.0 Å². The fourth-order valence-corrected chi connectivity index (χ4v) is 1.59. The highest BCUT2D eigenvalue weighted by Gasteiger charge is 2.33. The number of hydrogen-bond donors (Lipinski definition) is 2. The number of nitrogen functional groups attached to an aromatic ring is 1. The minimum absolute atomic E-state index is 0.150. The second-order valence-corrected chi connectivity index (χ2v) is 4.10. The molecule has 5 heteroatoms. The third-order valence-corrected chi connectivity index (χ3v) is 2.84. The van der Waals surface area contributed by atoms with Crippen molar-refractivity contribution in [3.8, 4) is 0 Å². The second kappa shape index (κ2) is 5.40. The van der Waals surface area contributed by atoms with E-state index in [9.17, 15) is 13.2 Å². The molecule has 17 heavy (non-hydrogen) atoms. The average Bonchev–Trinajstić information content (AvgIpc) is 2.25. The Morgan fingerprint density at radius 3 is 2.53 bits per heavy atom. The SMILES string of the molecule is CNC(C)CCc1cccc(C(F)(F)F)c1N. The van der Waals surface area contributed by atoms with E-state index in [2.05, 4.69) is 5.32 Å². The molecule has 0 saturated carbocycles. The summed E-state index contributed by atoms with van der Waals surface area (Å²) in [4.78, 5) is 0. The van der Waals surface area contributed by atoms with Crippen LogP contribution in [0.1, 0.15) is 24.5 Å². The van der Waals surface area contributed by atoms with Crippen LogP contribution in [0.25, 0.3) is 0 Å². The standard InChI is InChI=1S/C12H17F3N2/c1-8(17-2)6-7-9-4-3-5-10(11(9)16)12(13,14)15/h3-5,8,17H,6-7,16H2,1-2H3. The zero-order valence-electron chi connectivity index (χ0n) is 9.93. The number of rotatable bonds is 4. The Morgan fingerprint density at radius 1 is 1.35 bits per heavy atom. The first-order valence-corrected chi connectivity index (χ1v) is 5.48. The molecule has 1 rings (SSSR count). The summed E-state index contributed by atoms with van der Waals surface area (Å²) in [5, 5.41) is 3.04. The maximum Gasteiger partial charge on any atom is 0.418 e. The third-order valence-electron chi connectivity index (χ3n) is 2.84. The predicted octanol–water partition coefficient (Wildman–Crippen LogP) is 2.83. The Balaban J connectivity index is 2.88. The first-order valence-electron chi connectivity index (χ1n) is 5.48. The molecule has 0 fully saturated rings. The van der Waals surface area contributed by atoms with E-state index in [1.54, 1.807) is 6.07 Å². The van der Waals surface area contributed by atoms with E-state index in [-0.39, 0.29) is 11.7 Å². The molecule has 0 saturated heterocycles. The van der Waals surface area contributed by atoms with E-state index in [0.29, 0.717) is 12.0 Å². The molecule has 0 aliphatic carbocycles. The minimum Gasteiger partial charge on any atom is -0.398 e. The van der Waals surface area contributed by atoms with E-state index in [1.165, 1.54) is 6.07 Å². The Morgan fingerprint density at radius 2 is 2.00 bits per heavy atom. The van der Waals surface area contributed by atoms with Gasteiger partial charge in [0.15, 0.2) is 0 Å². The molecular weight excluding hydrogens is 229 g/mol. The number of halogens is 3. The fourth-order valence-electron chi connectivity index (χ4n) is 1.59. The number of alkyl halides is 3. The van der Waals surface area contributed by atoms with E-state index < -0.39 is 11.7 Å². The Hall–Kier alpha value is -1.23. The highest BCUT2D eigenvalue weighted by molar-refractivity contribution is 5.55. The smallest absolute Gasteiger partial charge is 0.398 e. The largest absolute Gasteiger partial charge is 0.418 e. The summed E-state index contributed by atoms with van der Waals surface area (Å²) in [7, 11) is 1.82. The summed E-state index contributed by atoms with van der Waals surface area (Å²) in [5.41, 5.74) is 5.22. The minimum atomic E-state index is -4.38. The molecular formula is C12H17F3N2. The lowest BCUT2D eigenvalue weighted by Gasteiger charge is -2.15. The van der Waals surface area contributed by atoms with Crippen LogP contribution in [0.4, 0.5) is 18.9 Å². The number of nitrogens with one attached hydrogen (secondary N) is 1. The monoisotopic (exact) mass is 246 g/mol. The summed E-state index contributed by atoms with van der Waals surface area (Å²) in [5.74, 6) is 0. The summed E-state index contributed by atoms with van der Waals surface area (Å²) in [6.07, 6.45) is -3.09.